The van der Waals surface area contributed by atoms with E-state index in [0.29, 0.717) is 12.2 Å². The first-order valence-corrected chi connectivity index (χ1v) is 15.0. The van der Waals surface area contributed by atoms with Gasteiger partial charge in [-0.05, 0) is 55.2 Å². The van der Waals surface area contributed by atoms with E-state index in [2.05, 4.69) is 21.2 Å². The van der Waals surface area contributed by atoms with E-state index in [4.69, 9.17) is 0 Å². The Balaban J connectivity index is 2.07. The number of anilines is 1. The summed E-state index contributed by atoms with van der Waals surface area (Å²) in [6, 6.07) is 21.6. The van der Waals surface area contributed by atoms with Gasteiger partial charge in [0, 0.05) is 24.0 Å². The zero-order chi connectivity index (χ0) is 27.9. The van der Waals surface area contributed by atoms with Crippen LogP contribution in [0.2, 0.25) is 0 Å². The highest BCUT2D eigenvalue weighted by Crippen LogP contribution is 2.27. The Kier molecular flexibility index (Phi) is 10.1. The molecule has 38 heavy (non-hydrogen) atoms. The van der Waals surface area contributed by atoms with Gasteiger partial charge in [-0.1, -0.05) is 76.6 Å². The number of carbonyl (C=O) groups excluding carboxylic acids is 2. The number of aryl methyl sites for hydroxylation is 2. The highest BCUT2D eigenvalue weighted by molar-refractivity contribution is 9.10. The number of amides is 2. The summed E-state index contributed by atoms with van der Waals surface area (Å²) in [5.74, 6) is -0.757. The Morgan fingerprint density at radius 1 is 0.895 bits per heavy atom. The summed E-state index contributed by atoms with van der Waals surface area (Å²) >= 11 is 3.43. The second-order valence-corrected chi connectivity index (χ2v) is 12.1. The molecule has 0 aliphatic rings. The van der Waals surface area contributed by atoms with Gasteiger partial charge in [-0.3, -0.25) is 13.9 Å². The smallest absolute Gasteiger partial charge is 0.244 e. The number of hydrogen-bond donors (Lipinski definition) is 1. The molecule has 0 fully saturated rings. The zero-order valence-electron chi connectivity index (χ0n) is 22.1. The first kappa shape index (κ1) is 29.4. The quantitative estimate of drug-likeness (QED) is 0.349. The minimum absolute atomic E-state index is 0.144. The van der Waals surface area contributed by atoms with E-state index in [9.17, 15) is 18.0 Å². The number of halogens is 1. The Bertz CT molecular complexity index is 1340. The van der Waals surface area contributed by atoms with Crippen LogP contribution >= 0.6 is 15.9 Å². The van der Waals surface area contributed by atoms with Crippen molar-refractivity contribution in [3.05, 3.63) is 99.5 Å². The van der Waals surface area contributed by atoms with Crippen molar-refractivity contribution in [2.24, 2.45) is 0 Å². The van der Waals surface area contributed by atoms with Crippen molar-refractivity contribution in [1.82, 2.24) is 10.2 Å². The lowest BCUT2D eigenvalue weighted by Crippen LogP contribution is -2.53. The van der Waals surface area contributed by atoms with E-state index >= 15 is 0 Å². The predicted molar refractivity (Wildman–Crippen MR) is 155 cm³/mol. The number of benzene rings is 3. The molecule has 1 atom stereocenters. The molecule has 0 aliphatic heterocycles. The number of likely N-dealkylation sites (N-methyl/N-ethyl adjacent to an activating group) is 1. The molecule has 0 saturated heterocycles. The number of nitrogens with zero attached hydrogens (tertiary/aromatic N) is 2. The Morgan fingerprint density at radius 2 is 1.50 bits per heavy atom. The summed E-state index contributed by atoms with van der Waals surface area (Å²) in [6.45, 7) is 5.58. The van der Waals surface area contributed by atoms with Crippen LogP contribution in [0.5, 0.6) is 0 Å². The maximum absolute atomic E-state index is 14.0. The first-order valence-electron chi connectivity index (χ1n) is 12.4. The molecule has 2 amide bonds. The largest absolute Gasteiger partial charge is 0.355 e. The standard InChI is InChI=1S/C29H34BrN3O4S/c1-5-31-29(35)26(18-23-12-7-6-8-13-23)32(19-24-14-16-25(30)17-15-24)27(34)20-33(38(4,36)37)28-21(2)10-9-11-22(28)3/h6-17,26H,5,18-20H2,1-4H3,(H,31,35). The molecular weight excluding hydrogens is 566 g/mol. The van der Waals surface area contributed by atoms with Crippen LogP contribution in [0.25, 0.3) is 0 Å². The number of para-hydroxylation sites is 1. The van der Waals surface area contributed by atoms with Crippen LogP contribution in [0.1, 0.15) is 29.2 Å². The van der Waals surface area contributed by atoms with Crippen LogP contribution in [-0.2, 0) is 32.6 Å². The number of carbonyl (C=O) groups is 2. The van der Waals surface area contributed by atoms with Crippen LogP contribution in [0, 0.1) is 13.8 Å². The third-order valence-electron chi connectivity index (χ3n) is 6.26. The van der Waals surface area contributed by atoms with Crippen LogP contribution in [0.4, 0.5) is 5.69 Å². The van der Waals surface area contributed by atoms with Crippen molar-refractivity contribution >= 4 is 43.5 Å². The van der Waals surface area contributed by atoms with E-state index in [0.717, 1.165) is 37.3 Å². The summed E-state index contributed by atoms with van der Waals surface area (Å²) in [4.78, 5) is 28.9. The topological polar surface area (TPSA) is 86.8 Å². The Morgan fingerprint density at radius 3 is 2.05 bits per heavy atom. The van der Waals surface area contributed by atoms with Gasteiger partial charge in [-0.2, -0.15) is 0 Å². The van der Waals surface area contributed by atoms with Crippen molar-refractivity contribution in [2.75, 3.05) is 23.7 Å². The molecule has 3 aromatic carbocycles. The molecule has 0 saturated carbocycles. The molecular formula is C29H34BrN3O4S. The second-order valence-electron chi connectivity index (χ2n) is 9.26. The Labute approximate surface area is 234 Å². The summed E-state index contributed by atoms with van der Waals surface area (Å²) in [5.41, 5.74) is 3.68. The number of hydrogen-bond acceptors (Lipinski definition) is 4. The van der Waals surface area contributed by atoms with Gasteiger partial charge in [0.1, 0.15) is 12.6 Å². The highest BCUT2D eigenvalue weighted by atomic mass is 79.9. The van der Waals surface area contributed by atoms with Crippen LogP contribution < -0.4 is 9.62 Å². The fourth-order valence-corrected chi connectivity index (χ4v) is 5.64. The second kappa shape index (κ2) is 13.1. The normalized spacial score (nSPS) is 12.0. The lowest BCUT2D eigenvalue weighted by Gasteiger charge is -2.34. The molecule has 0 aliphatic carbocycles. The molecule has 1 N–H and O–H groups in total. The van der Waals surface area contributed by atoms with Crippen LogP contribution in [0.15, 0.2) is 77.3 Å². The van der Waals surface area contributed by atoms with E-state index in [1.54, 1.807) is 0 Å². The predicted octanol–water partition coefficient (Wildman–Crippen LogP) is 4.61. The van der Waals surface area contributed by atoms with Crippen LogP contribution in [0.3, 0.4) is 0 Å². The lowest BCUT2D eigenvalue weighted by atomic mass is 10.0. The Hall–Kier alpha value is -3.17. The maximum atomic E-state index is 14.0. The van der Waals surface area contributed by atoms with Gasteiger partial charge >= 0.3 is 0 Å². The van der Waals surface area contributed by atoms with Crippen molar-refractivity contribution in [3.63, 3.8) is 0 Å². The first-order chi connectivity index (χ1) is 18.0. The lowest BCUT2D eigenvalue weighted by molar-refractivity contribution is -0.140. The van der Waals surface area contributed by atoms with Gasteiger partial charge in [0.25, 0.3) is 0 Å². The molecule has 0 bridgehead atoms. The van der Waals surface area contributed by atoms with E-state index < -0.39 is 28.5 Å². The van der Waals surface area contributed by atoms with Gasteiger partial charge in [0.05, 0.1) is 11.9 Å². The number of sulfonamides is 1. The summed E-state index contributed by atoms with van der Waals surface area (Å²) in [5, 5.41) is 2.86. The molecule has 1 unspecified atom stereocenters. The highest BCUT2D eigenvalue weighted by Gasteiger charge is 2.33. The zero-order valence-corrected chi connectivity index (χ0v) is 24.6. The van der Waals surface area contributed by atoms with Crippen molar-refractivity contribution in [1.29, 1.82) is 0 Å². The van der Waals surface area contributed by atoms with Crippen molar-refractivity contribution in [3.8, 4) is 0 Å². The van der Waals surface area contributed by atoms with Crippen molar-refractivity contribution in [2.45, 2.75) is 39.8 Å². The SMILES string of the molecule is CCNC(=O)C(Cc1ccccc1)N(Cc1ccc(Br)cc1)C(=O)CN(c1c(C)cccc1C)S(C)(=O)=O. The third-order valence-corrected chi connectivity index (χ3v) is 7.90. The average molecular weight is 601 g/mol. The van der Waals surface area contributed by atoms with Gasteiger partial charge in [-0.15, -0.1) is 0 Å². The van der Waals surface area contributed by atoms with E-state index in [1.165, 1.54) is 4.90 Å². The molecule has 3 rings (SSSR count). The summed E-state index contributed by atoms with van der Waals surface area (Å²) in [7, 11) is -3.81. The van der Waals surface area contributed by atoms with Crippen LogP contribution in [-0.4, -0.2) is 50.5 Å². The van der Waals surface area contributed by atoms with E-state index in [1.807, 2.05) is 93.6 Å². The molecule has 9 heteroatoms. The van der Waals surface area contributed by atoms with Gasteiger partial charge in [-0.25, -0.2) is 8.42 Å². The molecule has 3 aromatic rings. The number of rotatable bonds is 11. The number of nitrogens with one attached hydrogen (secondary N) is 1. The minimum Gasteiger partial charge on any atom is -0.355 e. The minimum atomic E-state index is -3.81. The molecule has 0 heterocycles. The molecule has 0 aromatic heterocycles. The summed E-state index contributed by atoms with van der Waals surface area (Å²) < 4.78 is 28.0. The molecule has 7 nitrogen and oxygen atoms in total. The molecule has 0 spiro atoms. The molecule has 202 valence electrons. The average Bonchev–Trinajstić information content (AvgIpc) is 2.86. The fourth-order valence-electron chi connectivity index (χ4n) is 4.41. The summed E-state index contributed by atoms with van der Waals surface area (Å²) in [6.07, 6.45) is 1.38. The fraction of sp³-hybridized carbons (Fsp3) is 0.310. The van der Waals surface area contributed by atoms with Crippen molar-refractivity contribution < 1.29 is 18.0 Å². The van der Waals surface area contributed by atoms with E-state index in [-0.39, 0.29) is 18.9 Å². The molecule has 0 radical (unpaired) electrons. The third kappa shape index (κ3) is 7.68. The monoisotopic (exact) mass is 599 g/mol. The van der Waals surface area contributed by atoms with Gasteiger partial charge in [0.15, 0.2) is 0 Å². The maximum Gasteiger partial charge on any atom is 0.244 e. The van der Waals surface area contributed by atoms with Gasteiger partial charge < -0.3 is 10.2 Å². The van der Waals surface area contributed by atoms with Gasteiger partial charge in [0.2, 0.25) is 21.8 Å².